The quantitative estimate of drug-likeness (QED) is 0.175. The highest BCUT2D eigenvalue weighted by Gasteiger charge is 2.32. The summed E-state index contributed by atoms with van der Waals surface area (Å²) < 4.78 is 13.0. The predicted molar refractivity (Wildman–Crippen MR) is 209 cm³/mol. The fourth-order valence-corrected chi connectivity index (χ4v) is 7.95. The molecule has 244 valence electrons. The van der Waals surface area contributed by atoms with Crippen LogP contribution in [0.5, 0.6) is 5.75 Å². The van der Waals surface area contributed by atoms with Gasteiger partial charge in [0.15, 0.2) is 17.5 Å². The van der Waals surface area contributed by atoms with Crippen molar-refractivity contribution in [2.45, 2.75) is 12.0 Å². The fourth-order valence-electron chi connectivity index (χ4n) is 7.95. The summed E-state index contributed by atoms with van der Waals surface area (Å²) in [6.45, 7) is 0. The lowest BCUT2D eigenvalue weighted by Crippen LogP contribution is -2.15. The molecule has 0 spiro atoms. The molecule has 0 saturated carbocycles. The zero-order valence-electron chi connectivity index (χ0n) is 27.9. The first-order chi connectivity index (χ1) is 25.7. The van der Waals surface area contributed by atoms with E-state index in [-0.39, 0.29) is 12.0 Å². The van der Waals surface area contributed by atoms with Gasteiger partial charge in [0, 0.05) is 44.5 Å². The van der Waals surface area contributed by atoms with E-state index >= 15 is 0 Å². The summed E-state index contributed by atoms with van der Waals surface area (Å²) in [4.78, 5) is 15.4. The fraction of sp³-hybridized carbons (Fsp3) is 0.0426. The Morgan fingerprint density at radius 2 is 1.19 bits per heavy atom. The van der Waals surface area contributed by atoms with Crippen LogP contribution in [0.2, 0.25) is 0 Å². The molecule has 0 fully saturated rings. The highest BCUT2D eigenvalue weighted by Crippen LogP contribution is 2.45. The number of para-hydroxylation sites is 1. The maximum atomic E-state index is 6.72. The van der Waals surface area contributed by atoms with Crippen molar-refractivity contribution in [1.29, 1.82) is 0 Å². The van der Waals surface area contributed by atoms with Gasteiger partial charge in [0.05, 0.1) is 0 Å². The van der Waals surface area contributed by atoms with Crippen molar-refractivity contribution in [1.82, 2.24) is 15.0 Å². The van der Waals surface area contributed by atoms with Crippen LogP contribution in [0.1, 0.15) is 11.5 Å². The monoisotopic (exact) mass is 667 g/mol. The maximum absolute atomic E-state index is 6.72. The average Bonchev–Trinajstić information content (AvgIpc) is 3.79. The van der Waals surface area contributed by atoms with Gasteiger partial charge in [-0.2, -0.15) is 0 Å². The van der Waals surface area contributed by atoms with Crippen molar-refractivity contribution in [3.8, 4) is 51.0 Å². The highest BCUT2D eigenvalue weighted by molar-refractivity contribution is 6.15. The van der Waals surface area contributed by atoms with Crippen LogP contribution in [-0.4, -0.2) is 21.1 Å². The Morgan fingerprint density at radius 1 is 0.481 bits per heavy atom. The van der Waals surface area contributed by atoms with E-state index in [1.165, 1.54) is 27.1 Å². The van der Waals surface area contributed by atoms with E-state index in [4.69, 9.17) is 24.1 Å². The number of aromatic nitrogens is 3. The Bertz CT molecular complexity index is 2960. The summed E-state index contributed by atoms with van der Waals surface area (Å²) in [5, 5.41) is 6.73. The Morgan fingerprint density at radius 3 is 2.12 bits per heavy atom. The molecule has 2 unspecified atom stereocenters. The summed E-state index contributed by atoms with van der Waals surface area (Å²) in [5.74, 6) is 2.98. The second-order valence-electron chi connectivity index (χ2n) is 13.5. The lowest BCUT2D eigenvalue weighted by molar-refractivity contribution is 0.269. The van der Waals surface area contributed by atoms with Crippen molar-refractivity contribution in [3.63, 3.8) is 0 Å². The van der Waals surface area contributed by atoms with Gasteiger partial charge in [-0.3, -0.25) is 0 Å². The van der Waals surface area contributed by atoms with Crippen LogP contribution in [0.3, 0.4) is 0 Å². The van der Waals surface area contributed by atoms with E-state index in [2.05, 4.69) is 121 Å². The second-order valence-corrected chi connectivity index (χ2v) is 13.5. The number of nitrogens with zero attached hydrogens (tertiary/aromatic N) is 3. The Balaban J connectivity index is 1.10. The van der Waals surface area contributed by atoms with E-state index in [0.717, 1.165) is 55.5 Å². The van der Waals surface area contributed by atoms with Gasteiger partial charge in [0.2, 0.25) is 0 Å². The average molecular weight is 668 g/mol. The molecule has 0 radical (unpaired) electrons. The third-order valence-corrected chi connectivity index (χ3v) is 10.5. The minimum atomic E-state index is 0.0415. The van der Waals surface area contributed by atoms with Crippen LogP contribution >= 0.6 is 0 Å². The van der Waals surface area contributed by atoms with Crippen molar-refractivity contribution < 1.29 is 9.15 Å². The third-order valence-electron chi connectivity index (χ3n) is 10.5. The lowest BCUT2D eigenvalue weighted by Gasteiger charge is -2.14. The summed E-state index contributed by atoms with van der Waals surface area (Å²) in [7, 11) is 0. The van der Waals surface area contributed by atoms with E-state index in [0.29, 0.717) is 17.5 Å². The minimum Gasteiger partial charge on any atom is -0.485 e. The van der Waals surface area contributed by atoms with Crippen LogP contribution in [0.15, 0.2) is 168 Å². The Labute approximate surface area is 299 Å². The topological polar surface area (TPSA) is 61.0 Å². The van der Waals surface area contributed by atoms with Gasteiger partial charge in [0.25, 0.3) is 0 Å². The smallest absolute Gasteiger partial charge is 0.164 e. The number of benzene rings is 7. The summed E-state index contributed by atoms with van der Waals surface area (Å²) >= 11 is 0. The molecule has 1 aliphatic carbocycles. The lowest BCUT2D eigenvalue weighted by atomic mass is 9.90. The number of hydrogen-bond acceptors (Lipinski definition) is 5. The standard InChI is InChI=1S/C47H29N3O2/c1-2-11-30(12-3-1)45-48-46(32-23-22-29-21-20-28-10-4-5-13-33(28)38(29)27-32)50-47(49-45)37-17-9-19-42-43(37)36-16-8-15-34(44(36)52-42)31-24-25-41-39(26-31)35-14-6-7-18-40(35)51-41/h1-27,35,40H. The maximum Gasteiger partial charge on any atom is 0.164 e. The van der Waals surface area contributed by atoms with Gasteiger partial charge < -0.3 is 9.15 Å². The number of fused-ring (bicyclic) bond motifs is 9. The molecule has 0 bridgehead atoms. The molecule has 0 amide bonds. The van der Waals surface area contributed by atoms with Crippen LogP contribution in [0, 0.1) is 0 Å². The van der Waals surface area contributed by atoms with Crippen LogP contribution in [0.25, 0.3) is 88.8 Å². The number of furan rings is 1. The molecule has 3 heterocycles. The zero-order chi connectivity index (χ0) is 34.2. The molecule has 11 rings (SSSR count). The molecule has 2 atom stereocenters. The van der Waals surface area contributed by atoms with Crippen LogP contribution < -0.4 is 4.74 Å². The molecule has 9 aromatic rings. The first-order valence-corrected chi connectivity index (χ1v) is 17.6. The summed E-state index contributed by atoms with van der Waals surface area (Å²) in [5.41, 5.74) is 7.69. The first-order valence-electron chi connectivity index (χ1n) is 17.6. The third kappa shape index (κ3) is 4.53. The second kappa shape index (κ2) is 11.3. The predicted octanol–water partition coefficient (Wildman–Crippen LogP) is 11.7. The van der Waals surface area contributed by atoms with Crippen molar-refractivity contribution in [2.75, 3.05) is 0 Å². The molecule has 52 heavy (non-hydrogen) atoms. The molecule has 0 saturated heterocycles. The van der Waals surface area contributed by atoms with Gasteiger partial charge in [-0.15, -0.1) is 0 Å². The molecule has 1 aliphatic heterocycles. The van der Waals surface area contributed by atoms with E-state index in [9.17, 15) is 0 Å². The van der Waals surface area contributed by atoms with Crippen molar-refractivity contribution in [3.05, 3.63) is 169 Å². The van der Waals surface area contributed by atoms with Gasteiger partial charge in [-0.1, -0.05) is 133 Å². The molecule has 2 aromatic heterocycles. The molecular weight excluding hydrogens is 639 g/mol. The first kappa shape index (κ1) is 28.9. The number of hydrogen-bond donors (Lipinski definition) is 0. The van der Waals surface area contributed by atoms with Gasteiger partial charge in [-0.25, -0.2) is 15.0 Å². The number of ether oxygens (including phenoxy) is 1. The van der Waals surface area contributed by atoms with Crippen LogP contribution in [-0.2, 0) is 0 Å². The Hall–Kier alpha value is -6.85. The van der Waals surface area contributed by atoms with Crippen LogP contribution in [0.4, 0.5) is 0 Å². The highest BCUT2D eigenvalue weighted by atomic mass is 16.5. The molecule has 2 aliphatic rings. The van der Waals surface area contributed by atoms with E-state index < -0.39 is 0 Å². The van der Waals surface area contributed by atoms with Crippen molar-refractivity contribution in [2.24, 2.45) is 0 Å². The number of rotatable bonds is 4. The zero-order valence-corrected chi connectivity index (χ0v) is 27.9. The molecular formula is C47H29N3O2. The number of allylic oxidation sites excluding steroid dienone is 2. The molecule has 5 heteroatoms. The molecule has 7 aromatic carbocycles. The largest absolute Gasteiger partial charge is 0.485 e. The summed E-state index contributed by atoms with van der Waals surface area (Å²) in [6.07, 6.45) is 8.55. The van der Waals surface area contributed by atoms with E-state index in [1.807, 2.05) is 42.5 Å². The van der Waals surface area contributed by atoms with Crippen molar-refractivity contribution >= 4 is 43.5 Å². The van der Waals surface area contributed by atoms with Gasteiger partial charge in [-0.05, 0) is 57.4 Å². The Kier molecular flexibility index (Phi) is 6.31. The van der Waals surface area contributed by atoms with E-state index in [1.54, 1.807) is 0 Å². The van der Waals surface area contributed by atoms with Gasteiger partial charge in [0.1, 0.15) is 23.0 Å². The molecule has 5 nitrogen and oxygen atoms in total. The molecule has 0 N–H and O–H groups in total. The normalized spacial score (nSPS) is 16.1. The van der Waals surface area contributed by atoms with Gasteiger partial charge >= 0.3 is 0 Å². The summed E-state index contributed by atoms with van der Waals surface area (Å²) in [6, 6.07) is 48.4. The minimum absolute atomic E-state index is 0.0415. The SMILES string of the molecule is C1=CC2Oc3ccc(-c4cccc5c4oc4cccc(-c6nc(-c7ccccc7)nc(-c7ccc8ccc9ccccc9c8c7)n6)c45)cc3C2C=C1.